The number of hydrogen-bond acceptors (Lipinski definition) is 3. The minimum atomic E-state index is -0.284. The van der Waals surface area contributed by atoms with Gasteiger partial charge in [0.05, 0.1) is 0 Å². The molecule has 0 bridgehead atoms. The lowest BCUT2D eigenvalue weighted by Crippen LogP contribution is -2.07. The Morgan fingerprint density at radius 1 is 1.26 bits per heavy atom. The van der Waals surface area contributed by atoms with Crippen LogP contribution < -0.4 is 5.73 Å². The Morgan fingerprint density at radius 2 is 2.05 bits per heavy atom. The number of halogens is 1. The lowest BCUT2D eigenvalue weighted by atomic mass is 10.1. The van der Waals surface area contributed by atoms with Gasteiger partial charge in [0.2, 0.25) is 0 Å². The highest BCUT2D eigenvalue weighted by atomic mass is 19.1. The second kappa shape index (κ2) is 5.93. The first-order valence-electron chi connectivity index (χ1n) is 6.63. The Kier molecular flexibility index (Phi) is 4.27. The zero-order chi connectivity index (χ0) is 13.8. The van der Waals surface area contributed by atoms with E-state index in [9.17, 15) is 4.39 Å². The number of hydrogen-bond donors (Lipinski definition) is 1. The topological polar surface area (TPSA) is 56.7 Å². The second-order valence-electron chi connectivity index (χ2n) is 4.39. The second-order valence-corrected chi connectivity index (χ2v) is 4.39. The van der Waals surface area contributed by atoms with Crippen molar-refractivity contribution in [3.05, 3.63) is 41.2 Å². The molecule has 1 aromatic heterocycles. The molecule has 2 aromatic rings. The Hall–Kier alpha value is -1.75. The molecule has 1 heterocycles. The minimum Gasteiger partial charge on any atom is -0.330 e. The van der Waals surface area contributed by atoms with Crippen molar-refractivity contribution in [3.63, 3.8) is 0 Å². The van der Waals surface area contributed by atoms with Crippen molar-refractivity contribution in [3.8, 4) is 5.69 Å². The third-order valence-electron chi connectivity index (χ3n) is 3.02. The highest BCUT2D eigenvalue weighted by molar-refractivity contribution is 5.36. The molecule has 19 heavy (non-hydrogen) atoms. The third-order valence-corrected chi connectivity index (χ3v) is 3.02. The van der Waals surface area contributed by atoms with E-state index >= 15 is 0 Å². The molecule has 0 aliphatic rings. The van der Waals surface area contributed by atoms with Crippen molar-refractivity contribution >= 4 is 0 Å². The van der Waals surface area contributed by atoms with E-state index < -0.39 is 0 Å². The molecule has 5 heteroatoms. The molecule has 2 rings (SSSR count). The van der Waals surface area contributed by atoms with Crippen LogP contribution in [0.3, 0.4) is 0 Å². The average molecular weight is 262 g/mol. The van der Waals surface area contributed by atoms with Gasteiger partial charge >= 0.3 is 0 Å². The number of benzene rings is 1. The Labute approximate surface area is 112 Å². The normalized spacial score (nSPS) is 10.9. The fourth-order valence-corrected chi connectivity index (χ4v) is 2.01. The predicted octanol–water partition coefficient (Wildman–Crippen LogP) is 2.03. The van der Waals surface area contributed by atoms with Gasteiger partial charge in [0.15, 0.2) is 5.82 Å². The summed E-state index contributed by atoms with van der Waals surface area (Å²) in [6.07, 6.45) is 2.14. The molecule has 0 amide bonds. The van der Waals surface area contributed by atoms with Crippen molar-refractivity contribution in [2.45, 2.75) is 33.1 Å². The number of rotatable bonds is 5. The van der Waals surface area contributed by atoms with Gasteiger partial charge in [-0.2, -0.15) is 5.10 Å². The summed E-state index contributed by atoms with van der Waals surface area (Å²) >= 11 is 0. The number of nitrogens with two attached hydrogens (primary N) is 1. The number of aryl methyl sites for hydroxylation is 2. The first kappa shape index (κ1) is 13.7. The average Bonchev–Trinajstić information content (AvgIpc) is 2.82. The maximum atomic E-state index is 14.2. The molecule has 102 valence electrons. The van der Waals surface area contributed by atoms with Crippen LogP contribution in [0.2, 0.25) is 0 Å². The van der Waals surface area contributed by atoms with Crippen molar-refractivity contribution < 1.29 is 4.39 Å². The molecule has 4 nitrogen and oxygen atoms in total. The molecule has 1 aromatic carbocycles. The fraction of sp³-hybridized carbons (Fsp3) is 0.429. The Bertz CT molecular complexity index is 563. The van der Waals surface area contributed by atoms with Gasteiger partial charge in [-0.3, -0.25) is 0 Å². The van der Waals surface area contributed by atoms with Gasteiger partial charge in [0, 0.05) is 12.8 Å². The standard InChI is InChI=1S/C14H19FN4/c1-3-13-17-14(4-2)19(18-13)12-6-5-10(7-8-16)9-11(12)15/h5-6,9H,3-4,7-8,16H2,1-2H3. The molecule has 0 spiro atoms. The van der Waals surface area contributed by atoms with Crippen LogP contribution in [0.1, 0.15) is 31.1 Å². The smallest absolute Gasteiger partial charge is 0.151 e. The van der Waals surface area contributed by atoms with E-state index in [0.29, 0.717) is 18.7 Å². The van der Waals surface area contributed by atoms with Crippen molar-refractivity contribution in [2.24, 2.45) is 5.73 Å². The largest absolute Gasteiger partial charge is 0.330 e. The van der Waals surface area contributed by atoms with Gasteiger partial charge in [-0.15, -0.1) is 0 Å². The lowest BCUT2D eigenvalue weighted by molar-refractivity contribution is 0.603. The fourth-order valence-electron chi connectivity index (χ4n) is 2.01. The third kappa shape index (κ3) is 2.81. The molecule has 0 unspecified atom stereocenters. The first-order chi connectivity index (χ1) is 9.19. The molecular weight excluding hydrogens is 243 g/mol. The van der Waals surface area contributed by atoms with E-state index in [4.69, 9.17) is 5.73 Å². The molecule has 0 fully saturated rings. The van der Waals surface area contributed by atoms with Gasteiger partial charge in [0.1, 0.15) is 17.3 Å². The minimum absolute atomic E-state index is 0.284. The van der Waals surface area contributed by atoms with E-state index in [2.05, 4.69) is 10.1 Å². The van der Waals surface area contributed by atoms with Crippen LogP contribution in [0.15, 0.2) is 18.2 Å². The SMILES string of the molecule is CCc1nc(CC)n(-c2ccc(CCN)cc2F)n1. The van der Waals surface area contributed by atoms with E-state index in [-0.39, 0.29) is 5.82 Å². The summed E-state index contributed by atoms with van der Waals surface area (Å²) in [7, 11) is 0. The van der Waals surface area contributed by atoms with Crippen LogP contribution in [0.5, 0.6) is 0 Å². The molecule has 2 N–H and O–H groups in total. The monoisotopic (exact) mass is 262 g/mol. The van der Waals surface area contributed by atoms with Crippen LogP contribution in [-0.4, -0.2) is 21.3 Å². The van der Waals surface area contributed by atoms with E-state index in [1.807, 2.05) is 19.9 Å². The van der Waals surface area contributed by atoms with Crippen LogP contribution in [-0.2, 0) is 19.3 Å². The van der Waals surface area contributed by atoms with E-state index in [1.165, 1.54) is 6.07 Å². The molecule has 0 atom stereocenters. The molecular formula is C14H19FN4. The van der Waals surface area contributed by atoms with Gasteiger partial charge < -0.3 is 5.73 Å². The zero-order valence-corrected chi connectivity index (χ0v) is 11.4. The quantitative estimate of drug-likeness (QED) is 0.897. The highest BCUT2D eigenvalue weighted by Gasteiger charge is 2.13. The summed E-state index contributed by atoms with van der Waals surface area (Å²) in [5, 5.41) is 4.35. The first-order valence-corrected chi connectivity index (χ1v) is 6.63. The maximum Gasteiger partial charge on any atom is 0.151 e. The zero-order valence-electron chi connectivity index (χ0n) is 11.4. The van der Waals surface area contributed by atoms with Crippen LogP contribution in [0.25, 0.3) is 5.69 Å². The highest BCUT2D eigenvalue weighted by Crippen LogP contribution is 2.17. The molecule has 0 aliphatic carbocycles. The summed E-state index contributed by atoms with van der Waals surface area (Å²) in [5.74, 6) is 1.23. The van der Waals surface area contributed by atoms with Crippen LogP contribution >= 0.6 is 0 Å². The molecule has 0 aliphatic heterocycles. The van der Waals surface area contributed by atoms with E-state index in [0.717, 1.165) is 30.1 Å². The predicted molar refractivity (Wildman–Crippen MR) is 72.8 cm³/mol. The van der Waals surface area contributed by atoms with Gasteiger partial charge in [-0.25, -0.2) is 14.1 Å². The summed E-state index contributed by atoms with van der Waals surface area (Å²) < 4.78 is 15.8. The number of aromatic nitrogens is 3. The van der Waals surface area contributed by atoms with Crippen molar-refractivity contribution in [1.82, 2.24) is 14.8 Å². The summed E-state index contributed by atoms with van der Waals surface area (Å²) in [6, 6.07) is 5.15. The van der Waals surface area contributed by atoms with Gasteiger partial charge in [0.25, 0.3) is 0 Å². The van der Waals surface area contributed by atoms with Crippen molar-refractivity contribution in [1.29, 1.82) is 0 Å². The van der Waals surface area contributed by atoms with Crippen LogP contribution in [0.4, 0.5) is 4.39 Å². The summed E-state index contributed by atoms with van der Waals surface area (Å²) in [4.78, 5) is 4.39. The number of nitrogens with zero attached hydrogens (tertiary/aromatic N) is 3. The van der Waals surface area contributed by atoms with Gasteiger partial charge in [-0.05, 0) is 30.7 Å². The molecule has 0 saturated heterocycles. The Balaban J connectivity index is 2.43. The van der Waals surface area contributed by atoms with Crippen LogP contribution in [0, 0.1) is 5.82 Å². The Morgan fingerprint density at radius 3 is 2.63 bits per heavy atom. The van der Waals surface area contributed by atoms with E-state index in [1.54, 1.807) is 10.7 Å². The van der Waals surface area contributed by atoms with Gasteiger partial charge in [-0.1, -0.05) is 19.9 Å². The molecule has 0 saturated carbocycles. The maximum absolute atomic E-state index is 14.2. The molecule has 0 radical (unpaired) electrons. The van der Waals surface area contributed by atoms with Crippen molar-refractivity contribution in [2.75, 3.05) is 6.54 Å². The summed E-state index contributed by atoms with van der Waals surface area (Å²) in [6.45, 7) is 4.49. The summed E-state index contributed by atoms with van der Waals surface area (Å²) in [5.41, 5.74) is 6.83. The lowest BCUT2D eigenvalue weighted by Gasteiger charge is -2.07.